The normalized spacial score (nSPS) is 16.1. The van der Waals surface area contributed by atoms with Crippen LogP contribution >= 0.6 is 28.3 Å². The van der Waals surface area contributed by atoms with Gasteiger partial charge in [-0.3, -0.25) is 0 Å². The third-order valence-electron chi connectivity index (χ3n) is 3.38. The quantitative estimate of drug-likeness (QED) is 0.900. The van der Waals surface area contributed by atoms with Gasteiger partial charge in [0.2, 0.25) is 0 Å². The molecule has 1 aromatic carbocycles. The second-order valence-electron chi connectivity index (χ2n) is 4.74. The number of rotatable bonds is 4. The van der Waals surface area contributed by atoms with E-state index in [1.807, 2.05) is 12.1 Å². The molecular formula is C14H21BrClNO. The summed E-state index contributed by atoms with van der Waals surface area (Å²) >= 11 is 3.46. The Morgan fingerprint density at radius 3 is 2.72 bits per heavy atom. The Hall–Kier alpha value is -0.250. The smallest absolute Gasteiger partial charge is 0.122 e. The van der Waals surface area contributed by atoms with Crippen molar-refractivity contribution in [3.05, 3.63) is 28.2 Å². The van der Waals surface area contributed by atoms with Gasteiger partial charge in [-0.15, -0.1) is 12.4 Å². The van der Waals surface area contributed by atoms with E-state index < -0.39 is 0 Å². The Bertz CT molecular complexity index is 367. The van der Waals surface area contributed by atoms with Crippen LogP contribution in [-0.2, 0) is 0 Å². The van der Waals surface area contributed by atoms with E-state index in [1.165, 1.54) is 37.9 Å². The van der Waals surface area contributed by atoms with Crippen molar-refractivity contribution in [2.45, 2.75) is 26.2 Å². The van der Waals surface area contributed by atoms with Crippen molar-refractivity contribution in [3.63, 3.8) is 0 Å². The van der Waals surface area contributed by atoms with Crippen LogP contribution in [0.1, 0.15) is 24.8 Å². The molecule has 0 amide bonds. The summed E-state index contributed by atoms with van der Waals surface area (Å²) in [6, 6.07) is 6.18. The highest BCUT2D eigenvalue weighted by atomic mass is 79.9. The van der Waals surface area contributed by atoms with Gasteiger partial charge in [0, 0.05) is 4.47 Å². The number of benzene rings is 1. The Morgan fingerprint density at radius 2 is 2.06 bits per heavy atom. The Balaban J connectivity index is 0.00000162. The van der Waals surface area contributed by atoms with E-state index in [4.69, 9.17) is 4.74 Å². The largest absolute Gasteiger partial charge is 0.493 e. The maximum Gasteiger partial charge on any atom is 0.122 e. The minimum atomic E-state index is 0. The molecule has 1 aliphatic rings. The highest BCUT2D eigenvalue weighted by Gasteiger charge is 2.12. The molecule has 1 aromatic rings. The second-order valence-corrected chi connectivity index (χ2v) is 5.66. The van der Waals surface area contributed by atoms with Crippen molar-refractivity contribution < 1.29 is 4.74 Å². The van der Waals surface area contributed by atoms with Gasteiger partial charge in [0.05, 0.1) is 6.61 Å². The monoisotopic (exact) mass is 333 g/mol. The molecule has 102 valence electrons. The molecule has 0 saturated carbocycles. The molecule has 0 aliphatic carbocycles. The minimum Gasteiger partial charge on any atom is -0.493 e. The summed E-state index contributed by atoms with van der Waals surface area (Å²) in [6.07, 6.45) is 3.77. The van der Waals surface area contributed by atoms with Crippen LogP contribution in [0.3, 0.4) is 0 Å². The molecule has 1 aliphatic heterocycles. The SMILES string of the molecule is Cc1cc(Br)ccc1OCCC1CCNCC1.Cl. The van der Waals surface area contributed by atoms with Gasteiger partial charge in [-0.2, -0.15) is 0 Å². The summed E-state index contributed by atoms with van der Waals surface area (Å²) in [5, 5.41) is 3.39. The van der Waals surface area contributed by atoms with E-state index >= 15 is 0 Å². The molecule has 1 saturated heterocycles. The van der Waals surface area contributed by atoms with Gasteiger partial charge in [0.25, 0.3) is 0 Å². The van der Waals surface area contributed by atoms with E-state index in [9.17, 15) is 0 Å². The third kappa shape index (κ3) is 4.79. The fourth-order valence-corrected chi connectivity index (χ4v) is 2.76. The lowest BCUT2D eigenvalue weighted by molar-refractivity contribution is 0.250. The van der Waals surface area contributed by atoms with Crippen LogP contribution in [0.25, 0.3) is 0 Å². The summed E-state index contributed by atoms with van der Waals surface area (Å²) in [5.74, 6) is 1.86. The average Bonchev–Trinajstić information content (AvgIpc) is 2.33. The number of nitrogens with one attached hydrogen (secondary N) is 1. The van der Waals surface area contributed by atoms with Crippen LogP contribution in [0.15, 0.2) is 22.7 Å². The number of hydrogen-bond acceptors (Lipinski definition) is 2. The Labute approximate surface area is 124 Å². The van der Waals surface area contributed by atoms with Crippen LogP contribution < -0.4 is 10.1 Å². The topological polar surface area (TPSA) is 21.3 Å². The van der Waals surface area contributed by atoms with Crippen LogP contribution in [0, 0.1) is 12.8 Å². The van der Waals surface area contributed by atoms with Crippen LogP contribution in [0.5, 0.6) is 5.75 Å². The summed E-state index contributed by atoms with van der Waals surface area (Å²) in [6.45, 7) is 5.27. The average molecular weight is 335 g/mol. The summed E-state index contributed by atoms with van der Waals surface area (Å²) in [4.78, 5) is 0. The van der Waals surface area contributed by atoms with Gasteiger partial charge in [-0.25, -0.2) is 0 Å². The number of hydrogen-bond donors (Lipinski definition) is 1. The van der Waals surface area contributed by atoms with Gasteiger partial charge < -0.3 is 10.1 Å². The molecule has 2 nitrogen and oxygen atoms in total. The summed E-state index contributed by atoms with van der Waals surface area (Å²) in [7, 11) is 0. The first-order chi connectivity index (χ1) is 8.25. The first-order valence-electron chi connectivity index (χ1n) is 6.35. The van der Waals surface area contributed by atoms with Crippen molar-refractivity contribution in [2.75, 3.05) is 19.7 Å². The fraction of sp³-hybridized carbons (Fsp3) is 0.571. The number of ether oxygens (including phenoxy) is 1. The zero-order chi connectivity index (χ0) is 12.1. The van der Waals surface area contributed by atoms with E-state index in [0.29, 0.717) is 0 Å². The molecule has 1 N–H and O–H groups in total. The lowest BCUT2D eigenvalue weighted by Gasteiger charge is -2.22. The van der Waals surface area contributed by atoms with Crippen molar-refractivity contribution >= 4 is 28.3 Å². The Kier molecular flexibility index (Phi) is 7.05. The molecule has 0 spiro atoms. The van der Waals surface area contributed by atoms with Gasteiger partial charge in [0.15, 0.2) is 0 Å². The van der Waals surface area contributed by atoms with Crippen LogP contribution in [0.4, 0.5) is 0 Å². The molecule has 0 unspecified atom stereocenters. The van der Waals surface area contributed by atoms with Gasteiger partial charge in [-0.05, 0) is 69.0 Å². The molecular weight excluding hydrogens is 314 g/mol. The van der Waals surface area contributed by atoms with Gasteiger partial charge in [-0.1, -0.05) is 15.9 Å². The molecule has 4 heteroatoms. The van der Waals surface area contributed by atoms with Crippen LogP contribution in [-0.4, -0.2) is 19.7 Å². The molecule has 2 rings (SSSR count). The van der Waals surface area contributed by atoms with Crippen molar-refractivity contribution in [3.8, 4) is 5.75 Å². The fourth-order valence-electron chi connectivity index (χ4n) is 2.28. The minimum absolute atomic E-state index is 0. The summed E-state index contributed by atoms with van der Waals surface area (Å²) in [5.41, 5.74) is 1.20. The standard InChI is InChI=1S/C14H20BrNO.ClH/c1-11-10-13(15)2-3-14(11)17-9-6-12-4-7-16-8-5-12;/h2-3,10,12,16H,4-9H2,1H3;1H. The van der Waals surface area contributed by atoms with Crippen molar-refractivity contribution in [1.82, 2.24) is 5.32 Å². The highest BCUT2D eigenvalue weighted by molar-refractivity contribution is 9.10. The zero-order valence-corrected chi connectivity index (χ0v) is 13.1. The van der Waals surface area contributed by atoms with E-state index in [2.05, 4.69) is 34.2 Å². The molecule has 0 bridgehead atoms. The molecule has 0 atom stereocenters. The second kappa shape index (κ2) is 8.03. The number of aryl methyl sites for hydroxylation is 1. The van der Waals surface area contributed by atoms with Crippen molar-refractivity contribution in [2.24, 2.45) is 5.92 Å². The maximum atomic E-state index is 5.85. The van der Waals surface area contributed by atoms with E-state index in [-0.39, 0.29) is 12.4 Å². The Morgan fingerprint density at radius 1 is 1.33 bits per heavy atom. The highest BCUT2D eigenvalue weighted by Crippen LogP contribution is 2.23. The predicted molar refractivity (Wildman–Crippen MR) is 81.8 cm³/mol. The lowest BCUT2D eigenvalue weighted by Crippen LogP contribution is -2.28. The van der Waals surface area contributed by atoms with Gasteiger partial charge >= 0.3 is 0 Å². The summed E-state index contributed by atoms with van der Waals surface area (Å²) < 4.78 is 6.97. The first-order valence-corrected chi connectivity index (χ1v) is 7.14. The van der Waals surface area contributed by atoms with E-state index in [0.717, 1.165) is 22.7 Å². The maximum absolute atomic E-state index is 5.85. The molecule has 1 heterocycles. The molecule has 0 radical (unpaired) electrons. The third-order valence-corrected chi connectivity index (χ3v) is 3.87. The van der Waals surface area contributed by atoms with Crippen LogP contribution in [0.2, 0.25) is 0 Å². The number of halogens is 2. The number of piperidine rings is 1. The molecule has 0 aromatic heterocycles. The zero-order valence-electron chi connectivity index (χ0n) is 10.7. The first kappa shape index (κ1) is 15.8. The van der Waals surface area contributed by atoms with Gasteiger partial charge in [0.1, 0.15) is 5.75 Å². The lowest BCUT2D eigenvalue weighted by atomic mass is 9.95. The van der Waals surface area contributed by atoms with Crippen molar-refractivity contribution in [1.29, 1.82) is 0 Å². The molecule has 1 fully saturated rings. The molecule has 18 heavy (non-hydrogen) atoms. The van der Waals surface area contributed by atoms with E-state index in [1.54, 1.807) is 0 Å². The predicted octanol–water partition coefficient (Wildman–Crippen LogP) is 3.95.